The average Bonchev–Trinajstić information content (AvgIpc) is 2.98. The summed E-state index contributed by atoms with van der Waals surface area (Å²) in [6, 6.07) is -3.28. The Labute approximate surface area is 270 Å². The number of quaternary nitrogens is 1. The zero-order chi connectivity index (χ0) is 33.1. The van der Waals surface area contributed by atoms with Gasteiger partial charge in [-0.05, 0) is 38.2 Å². The Bertz CT molecular complexity index is 707. The van der Waals surface area contributed by atoms with Crippen LogP contribution in [0, 0.1) is 0 Å². The van der Waals surface area contributed by atoms with Gasteiger partial charge in [-0.25, -0.2) is 14.4 Å². The fraction of sp³-hybridized carbons (Fsp3) is 0.865. The molecule has 0 radical (unpaired) electrons. The first kappa shape index (κ1) is 42.1. The maximum Gasteiger partial charge on any atom is 0.362 e. The Morgan fingerprint density at radius 2 is 0.750 bits per heavy atom. The van der Waals surface area contributed by atoms with Crippen LogP contribution in [0.5, 0.6) is 0 Å². The maximum absolute atomic E-state index is 12.6. The molecule has 7 nitrogen and oxygen atoms in total. The monoisotopic (exact) mass is 625 g/mol. The van der Waals surface area contributed by atoms with Crippen LogP contribution in [0.25, 0.3) is 0 Å². The summed E-state index contributed by atoms with van der Waals surface area (Å²) in [6.45, 7) is 7.96. The predicted octanol–water partition coefficient (Wildman–Crippen LogP) is 10.2. The lowest BCUT2D eigenvalue weighted by molar-refractivity contribution is -0.968. The second-order valence-electron chi connectivity index (χ2n) is 13.0. The van der Waals surface area contributed by atoms with Crippen LogP contribution in [0.3, 0.4) is 0 Å². The Morgan fingerprint density at radius 3 is 1.02 bits per heavy atom. The largest absolute Gasteiger partial charge is 0.477 e. The molecule has 0 aliphatic heterocycles. The van der Waals surface area contributed by atoms with Gasteiger partial charge in [-0.15, -0.1) is 0 Å². The van der Waals surface area contributed by atoms with Gasteiger partial charge >= 0.3 is 17.9 Å². The Morgan fingerprint density at radius 1 is 0.455 bits per heavy atom. The molecule has 0 saturated heterocycles. The smallest absolute Gasteiger partial charge is 0.362 e. The highest BCUT2D eigenvalue weighted by atomic mass is 16.4. The SMILES string of the molecule is CCCCCCCCCCCCCCCCCCC/C=C/C[N+](C(CCC)C(=O)O)(C(CCC)C(=O)O)C(CCC)C(=O)O. The van der Waals surface area contributed by atoms with Crippen LogP contribution in [-0.4, -0.2) is 62.4 Å². The van der Waals surface area contributed by atoms with E-state index in [4.69, 9.17) is 0 Å². The third-order valence-corrected chi connectivity index (χ3v) is 9.34. The lowest BCUT2D eigenvalue weighted by Crippen LogP contribution is -2.72. The number of nitrogens with zero attached hydrogens (tertiary/aromatic N) is 1. The van der Waals surface area contributed by atoms with Gasteiger partial charge < -0.3 is 15.3 Å². The summed E-state index contributed by atoms with van der Waals surface area (Å²) in [5.74, 6) is -3.34. The topological polar surface area (TPSA) is 112 Å². The summed E-state index contributed by atoms with van der Waals surface area (Å²) in [7, 11) is 0. The number of hydrogen-bond acceptors (Lipinski definition) is 3. The van der Waals surface area contributed by atoms with E-state index in [1.54, 1.807) is 0 Å². The molecule has 0 bridgehead atoms. The zero-order valence-electron chi connectivity index (χ0n) is 29.1. The lowest BCUT2D eigenvalue weighted by Gasteiger charge is -2.49. The highest BCUT2D eigenvalue weighted by Crippen LogP contribution is 2.33. The number of rotatable bonds is 32. The average molecular weight is 625 g/mol. The molecule has 0 heterocycles. The molecule has 0 aromatic rings. The fourth-order valence-corrected chi connectivity index (χ4v) is 6.92. The molecule has 7 heteroatoms. The summed E-state index contributed by atoms with van der Waals surface area (Å²) in [5.41, 5.74) is 0. The minimum Gasteiger partial charge on any atom is -0.477 e. The molecule has 0 aromatic carbocycles. The van der Waals surface area contributed by atoms with Crippen LogP contribution in [-0.2, 0) is 14.4 Å². The minimum absolute atomic E-state index is 0.101. The summed E-state index contributed by atoms with van der Waals surface area (Å²) < 4.78 is -0.453. The standard InChI is InChI=1S/C37H69NO6/c1-5-9-10-11-12-13-14-15-16-17-18-19-20-21-22-23-24-25-26-27-31-38(32(28-6-2)35(39)40,33(29-7-3)36(41)42)34(30-8-4)37(43)44/h26-27,32-34H,5-25,28-31H2,1-4H3,(H2-,39,40,41,42,43,44)/p+1/b27-26+. The van der Waals surface area contributed by atoms with E-state index in [1.165, 1.54) is 96.3 Å². The van der Waals surface area contributed by atoms with E-state index in [0.717, 1.165) is 19.3 Å². The summed E-state index contributed by atoms with van der Waals surface area (Å²) in [4.78, 5) is 37.7. The van der Waals surface area contributed by atoms with Crippen molar-refractivity contribution >= 4 is 17.9 Å². The van der Waals surface area contributed by atoms with Crippen molar-refractivity contribution in [2.24, 2.45) is 0 Å². The van der Waals surface area contributed by atoms with E-state index in [1.807, 2.05) is 32.9 Å². The molecule has 44 heavy (non-hydrogen) atoms. The van der Waals surface area contributed by atoms with E-state index in [9.17, 15) is 29.7 Å². The zero-order valence-corrected chi connectivity index (χ0v) is 29.1. The van der Waals surface area contributed by atoms with Crippen LogP contribution in [0.15, 0.2) is 12.2 Å². The molecule has 0 spiro atoms. The molecular formula is C37H70NO6+. The molecule has 0 amide bonds. The van der Waals surface area contributed by atoms with Gasteiger partial charge in [0.15, 0.2) is 18.1 Å². The van der Waals surface area contributed by atoms with Gasteiger partial charge in [0, 0.05) is 19.3 Å². The number of carboxylic acid groups (broad SMARTS) is 3. The second-order valence-corrected chi connectivity index (χ2v) is 13.0. The van der Waals surface area contributed by atoms with E-state index in [0.29, 0.717) is 19.3 Å². The van der Waals surface area contributed by atoms with Crippen molar-refractivity contribution in [1.29, 1.82) is 0 Å². The van der Waals surface area contributed by atoms with Crippen LogP contribution >= 0.6 is 0 Å². The van der Waals surface area contributed by atoms with Crippen molar-refractivity contribution < 1.29 is 34.2 Å². The van der Waals surface area contributed by atoms with Gasteiger partial charge in [0.1, 0.15) is 0 Å². The normalized spacial score (nSPS) is 15.2. The number of allylic oxidation sites excluding steroid dienone is 1. The van der Waals surface area contributed by atoms with Gasteiger partial charge in [-0.3, -0.25) is 4.48 Å². The Balaban J connectivity index is 4.81. The highest BCUT2D eigenvalue weighted by Gasteiger charge is 2.56. The number of carbonyl (C=O) groups is 3. The predicted molar refractivity (Wildman–Crippen MR) is 182 cm³/mol. The molecule has 3 unspecified atom stereocenters. The second kappa shape index (κ2) is 27.4. The number of carboxylic acids is 3. The van der Waals surface area contributed by atoms with E-state index < -0.39 is 40.5 Å². The lowest BCUT2D eigenvalue weighted by atomic mass is 9.92. The van der Waals surface area contributed by atoms with E-state index in [2.05, 4.69) is 6.92 Å². The summed E-state index contributed by atoms with van der Waals surface area (Å²) in [6.07, 6.45) is 29.5. The molecule has 0 saturated carbocycles. The molecule has 0 fully saturated rings. The first-order valence-electron chi connectivity index (χ1n) is 18.4. The molecule has 0 aliphatic rings. The maximum atomic E-state index is 12.6. The van der Waals surface area contributed by atoms with Crippen LogP contribution in [0.2, 0.25) is 0 Å². The molecule has 3 N–H and O–H groups in total. The van der Waals surface area contributed by atoms with Crippen LogP contribution in [0.1, 0.15) is 182 Å². The van der Waals surface area contributed by atoms with Crippen molar-refractivity contribution in [2.45, 2.75) is 200 Å². The van der Waals surface area contributed by atoms with E-state index in [-0.39, 0.29) is 25.8 Å². The van der Waals surface area contributed by atoms with Crippen LogP contribution < -0.4 is 0 Å². The minimum atomic E-state index is -1.11. The van der Waals surface area contributed by atoms with Gasteiger partial charge in [-0.1, -0.05) is 137 Å². The first-order chi connectivity index (χ1) is 21.2. The van der Waals surface area contributed by atoms with Crippen molar-refractivity contribution in [3.05, 3.63) is 12.2 Å². The Hall–Kier alpha value is -1.89. The third kappa shape index (κ3) is 17.0. The molecular weight excluding hydrogens is 554 g/mol. The van der Waals surface area contributed by atoms with Gasteiger partial charge in [0.2, 0.25) is 0 Å². The summed E-state index contributed by atoms with van der Waals surface area (Å²) >= 11 is 0. The number of aliphatic carboxylic acids is 3. The molecule has 0 rings (SSSR count). The molecule has 0 aromatic heterocycles. The Kier molecular flexibility index (Phi) is 26.2. The highest BCUT2D eigenvalue weighted by molar-refractivity contribution is 5.78. The van der Waals surface area contributed by atoms with Gasteiger partial charge in [-0.2, -0.15) is 0 Å². The van der Waals surface area contributed by atoms with Crippen LogP contribution in [0.4, 0.5) is 0 Å². The fourth-order valence-electron chi connectivity index (χ4n) is 6.92. The van der Waals surface area contributed by atoms with Gasteiger partial charge in [0.25, 0.3) is 0 Å². The first-order valence-corrected chi connectivity index (χ1v) is 18.4. The number of unbranched alkanes of at least 4 members (excludes halogenated alkanes) is 17. The molecule has 3 atom stereocenters. The van der Waals surface area contributed by atoms with Crippen molar-refractivity contribution in [1.82, 2.24) is 0 Å². The quantitative estimate of drug-likeness (QED) is 0.0390. The number of hydrogen-bond donors (Lipinski definition) is 3. The van der Waals surface area contributed by atoms with Crippen molar-refractivity contribution in [3.8, 4) is 0 Å². The van der Waals surface area contributed by atoms with Crippen molar-refractivity contribution in [3.63, 3.8) is 0 Å². The third-order valence-electron chi connectivity index (χ3n) is 9.34. The molecule has 258 valence electrons. The molecule has 0 aliphatic carbocycles. The van der Waals surface area contributed by atoms with Crippen molar-refractivity contribution in [2.75, 3.05) is 6.54 Å². The van der Waals surface area contributed by atoms with E-state index >= 15 is 0 Å². The summed E-state index contributed by atoms with van der Waals surface area (Å²) in [5, 5.41) is 30.8. The van der Waals surface area contributed by atoms with Gasteiger partial charge in [0.05, 0.1) is 6.54 Å².